The third-order valence-corrected chi connectivity index (χ3v) is 5.53. The molecule has 0 saturated heterocycles. The Morgan fingerprint density at radius 2 is 1.81 bits per heavy atom. The fourth-order valence-electron chi connectivity index (χ4n) is 2.32. The molecule has 0 fully saturated rings. The minimum absolute atomic E-state index is 0.109. The van der Waals surface area contributed by atoms with E-state index < -0.39 is 32.1 Å². The number of sulfonamides is 1. The van der Waals surface area contributed by atoms with Crippen molar-refractivity contribution in [1.82, 2.24) is 9.97 Å². The molecule has 164 valence electrons. The monoisotopic (exact) mass is 493 g/mol. The summed E-state index contributed by atoms with van der Waals surface area (Å²) in [6.07, 6.45) is -2.18. The molecule has 31 heavy (non-hydrogen) atoms. The summed E-state index contributed by atoms with van der Waals surface area (Å²) in [5.74, 6) is -0.532. The summed E-state index contributed by atoms with van der Waals surface area (Å²) in [6, 6.07) is 6.99. The van der Waals surface area contributed by atoms with Gasteiger partial charge in [0.2, 0.25) is 5.88 Å². The van der Waals surface area contributed by atoms with Crippen molar-refractivity contribution in [2.45, 2.75) is 18.2 Å². The molecule has 2 heterocycles. The van der Waals surface area contributed by atoms with Gasteiger partial charge in [-0.15, -0.1) is 13.2 Å². The van der Waals surface area contributed by atoms with E-state index in [1.54, 1.807) is 25.3 Å². The molecule has 13 heteroatoms. The number of hydrogen-bond acceptors (Lipinski definition) is 6. The normalized spacial score (nSPS) is 11.8. The molecule has 0 bridgehead atoms. The van der Waals surface area contributed by atoms with Crippen molar-refractivity contribution in [3.8, 4) is 17.4 Å². The molecule has 1 aromatic carbocycles. The molecular weight excluding hydrogens is 482 g/mol. The Bertz CT molecular complexity index is 1220. The number of pyridine rings is 2. The van der Waals surface area contributed by atoms with E-state index >= 15 is 0 Å². The predicted octanol–water partition coefficient (Wildman–Crippen LogP) is 5.58. The average Bonchev–Trinajstić information content (AvgIpc) is 2.66. The maximum atomic E-state index is 12.8. The maximum Gasteiger partial charge on any atom is 0.573 e. The van der Waals surface area contributed by atoms with Gasteiger partial charge in [0.15, 0.2) is 5.75 Å². The second-order valence-corrected chi connectivity index (χ2v) is 8.47. The summed E-state index contributed by atoms with van der Waals surface area (Å²) in [4.78, 5) is 7.63. The van der Waals surface area contributed by atoms with Gasteiger partial charge >= 0.3 is 6.36 Å². The van der Waals surface area contributed by atoms with Crippen LogP contribution in [-0.4, -0.2) is 24.7 Å². The van der Waals surface area contributed by atoms with Crippen LogP contribution in [0.3, 0.4) is 0 Å². The first-order chi connectivity index (χ1) is 14.4. The fourth-order valence-corrected chi connectivity index (χ4v) is 3.84. The van der Waals surface area contributed by atoms with Crippen LogP contribution in [-0.2, 0) is 10.0 Å². The van der Waals surface area contributed by atoms with Crippen LogP contribution < -0.4 is 14.2 Å². The number of aryl methyl sites for hydroxylation is 1. The number of rotatable bonds is 6. The van der Waals surface area contributed by atoms with E-state index in [1.807, 2.05) is 0 Å². The largest absolute Gasteiger partial charge is 0.573 e. The Hall–Kier alpha value is -2.76. The number of benzene rings is 1. The number of ether oxygens (including phenoxy) is 2. The number of anilines is 1. The number of nitrogens with one attached hydrogen (secondary N) is 1. The van der Waals surface area contributed by atoms with E-state index in [0.717, 1.165) is 18.2 Å². The zero-order valence-electron chi connectivity index (χ0n) is 15.4. The summed E-state index contributed by atoms with van der Waals surface area (Å²) in [5.41, 5.74) is 0.419. The Morgan fingerprint density at radius 1 is 1.06 bits per heavy atom. The standard InChI is InChI=1S/C18H12Cl2F3N3O4S/c1-10-15(3-2-6-24-10)29-17-14(7-11(19)9-25-17)26-31(27,28)12-4-5-16(13(20)8-12)30-18(21,22)23/h2-9,26H,1H3. The van der Waals surface area contributed by atoms with Crippen molar-refractivity contribution < 1.29 is 31.1 Å². The molecule has 0 aliphatic heterocycles. The van der Waals surface area contributed by atoms with Gasteiger partial charge in [0.25, 0.3) is 10.0 Å². The topological polar surface area (TPSA) is 90.4 Å². The smallest absolute Gasteiger partial charge is 0.435 e. The van der Waals surface area contributed by atoms with E-state index in [4.69, 9.17) is 27.9 Å². The highest BCUT2D eigenvalue weighted by Gasteiger charge is 2.32. The highest BCUT2D eigenvalue weighted by Crippen LogP contribution is 2.35. The number of hydrogen-bond donors (Lipinski definition) is 1. The Balaban J connectivity index is 1.92. The van der Waals surface area contributed by atoms with Crippen LogP contribution in [0.15, 0.2) is 53.7 Å². The van der Waals surface area contributed by atoms with Crippen molar-refractivity contribution >= 4 is 38.9 Å². The molecule has 7 nitrogen and oxygen atoms in total. The van der Waals surface area contributed by atoms with Crippen LogP contribution >= 0.6 is 23.2 Å². The van der Waals surface area contributed by atoms with Gasteiger partial charge in [0, 0.05) is 12.4 Å². The van der Waals surface area contributed by atoms with E-state index in [2.05, 4.69) is 19.4 Å². The molecular formula is C18H12Cl2F3N3O4S. The van der Waals surface area contributed by atoms with Crippen molar-refractivity contribution in [2.24, 2.45) is 0 Å². The summed E-state index contributed by atoms with van der Waals surface area (Å²) >= 11 is 11.7. The number of nitrogens with zero attached hydrogens (tertiary/aromatic N) is 2. The fraction of sp³-hybridized carbons (Fsp3) is 0.111. The van der Waals surface area contributed by atoms with Crippen LogP contribution in [0.1, 0.15) is 5.69 Å². The highest BCUT2D eigenvalue weighted by molar-refractivity contribution is 7.92. The third-order valence-electron chi connectivity index (χ3n) is 3.67. The predicted molar refractivity (Wildman–Crippen MR) is 107 cm³/mol. The first-order valence-corrected chi connectivity index (χ1v) is 10.5. The van der Waals surface area contributed by atoms with Gasteiger partial charge < -0.3 is 9.47 Å². The molecule has 0 saturated carbocycles. The van der Waals surface area contributed by atoms with Crippen LogP contribution in [0.5, 0.6) is 17.4 Å². The number of halogens is 5. The molecule has 2 aromatic heterocycles. The highest BCUT2D eigenvalue weighted by atomic mass is 35.5. The Morgan fingerprint density at radius 3 is 2.45 bits per heavy atom. The second-order valence-electron chi connectivity index (χ2n) is 5.94. The molecule has 0 unspecified atom stereocenters. The molecule has 0 aliphatic carbocycles. The SMILES string of the molecule is Cc1ncccc1Oc1ncc(Cl)cc1NS(=O)(=O)c1ccc(OC(F)(F)F)c(Cl)c1. The van der Waals surface area contributed by atoms with Gasteiger partial charge in [0.05, 0.1) is 20.6 Å². The van der Waals surface area contributed by atoms with Crippen LogP contribution in [0, 0.1) is 6.92 Å². The van der Waals surface area contributed by atoms with E-state index in [9.17, 15) is 21.6 Å². The van der Waals surface area contributed by atoms with Crippen molar-refractivity contribution in [3.63, 3.8) is 0 Å². The first-order valence-electron chi connectivity index (χ1n) is 8.28. The summed E-state index contributed by atoms with van der Waals surface area (Å²) < 4.78 is 74.3. The van der Waals surface area contributed by atoms with Gasteiger partial charge in [0.1, 0.15) is 11.4 Å². The van der Waals surface area contributed by atoms with Crippen molar-refractivity contribution in [3.05, 3.63) is 64.5 Å². The molecule has 0 aliphatic rings. The molecule has 1 N–H and O–H groups in total. The number of alkyl halides is 3. The number of aromatic nitrogens is 2. The van der Waals surface area contributed by atoms with Gasteiger partial charge in [-0.2, -0.15) is 0 Å². The minimum atomic E-state index is -4.98. The maximum absolute atomic E-state index is 12.8. The molecule has 0 atom stereocenters. The summed E-state index contributed by atoms with van der Waals surface area (Å²) in [6.45, 7) is 1.68. The minimum Gasteiger partial charge on any atom is -0.435 e. The molecule has 3 aromatic rings. The van der Waals surface area contributed by atoms with E-state index in [-0.39, 0.29) is 16.6 Å². The molecule has 0 spiro atoms. The first kappa shape index (κ1) is 22.9. The quantitative estimate of drug-likeness (QED) is 0.481. The zero-order chi connectivity index (χ0) is 22.8. The van der Waals surface area contributed by atoms with Gasteiger partial charge in [-0.05, 0) is 43.3 Å². The van der Waals surface area contributed by atoms with Crippen LogP contribution in [0.25, 0.3) is 0 Å². The Kier molecular flexibility index (Phi) is 6.48. The lowest BCUT2D eigenvalue weighted by Crippen LogP contribution is -2.18. The Labute approximate surface area is 184 Å². The van der Waals surface area contributed by atoms with Gasteiger partial charge in [-0.3, -0.25) is 9.71 Å². The van der Waals surface area contributed by atoms with E-state index in [0.29, 0.717) is 11.4 Å². The summed E-state index contributed by atoms with van der Waals surface area (Å²) in [5, 5.41) is -0.438. The molecule has 3 rings (SSSR count). The van der Waals surface area contributed by atoms with Gasteiger partial charge in [-0.25, -0.2) is 13.4 Å². The zero-order valence-corrected chi connectivity index (χ0v) is 17.8. The van der Waals surface area contributed by atoms with Crippen LogP contribution in [0.2, 0.25) is 10.0 Å². The second kappa shape index (κ2) is 8.77. The van der Waals surface area contributed by atoms with Gasteiger partial charge in [-0.1, -0.05) is 23.2 Å². The molecule has 0 amide bonds. The lowest BCUT2D eigenvalue weighted by atomic mass is 10.3. The van der Waals surface area contributed by atoms with E-state index in [1.165, 1.54) is 12.3 Å². The van der Waals surface area contributed by atoms with Crippen molar-refractivity contribution in [2.75, 3.05) is 4.72 Å². The average molecular weight is 494 g/mol. The molecule has 0 radical (unpaired) electrons. The lowest BCUT2D eigenvalue weighted by molar-refractivity contribution is -0.274. The third kappa shape index (κ3) is 5.90. The summed E-state index contributed by atoms with van der Waals surface area (Å²) in [7, 11) is -4.30. The lowest BCUT2D eigenvalue weighted by Gasteiger charge is -2.15. The van der Waals surface area contributed by atoms with Crippen LogP contribution in [0.4, 0.5) is 18.9 Å². The van der Waals surface area contributed by atoms with Crippen molar-refractivity contribution in [1.29, 1.82) is 0 Å².